The number of hydroxylamine groups is 2. The molecule has 16 heteroatoms. The van der Waals surface area contributed by atoms with Crippen molar-refractivity contribution in [3.63, 3.8) is 0 Å². The number of imide groups is 1. The van der Waals surface area contributed by atoms with E-state index in [4.69, 9.17) is 0 Å². The molecule has 0 spiro atoms. The van der Waals surface area contributed by atoms with Crippen molar-refractivity contribution < 1.29 is 42.3 Å². The second-order valence-corrected chi connectivity index (χ2v) is 8.90. The second kappa shape index (κ2) is 11.6. The molecule has 1 unspecified atom stereocenters. The van der Waals surface area contributed by atoms with Crippen LogP contribution in [0.2, 0.25) is 0 Å². The molecule has 2 aromatic heterocycles. The van der Waals surface area contributed by atoms with Crippen molar-refractivity contribution in [2.75, 3.05) is 5.32 Å². The van der Waals surface area contributed by atoms with Gasteiger partial charge in [0.05, 0.1) is 30.5 Å². The highest BCUT2D eigenvalue weighted by Crippen LogP contribution is 2.41. The normalized spacial score (nSPS) is 15.6. The van der Waals surface area contributed by atoms with Gasteiger partial charge in [0.1, 0.15) is 36.2 Å². The summed E-state index contributed by atoms with van der Waals surface area (Å²) in [5.74, 6) is -7.88. The quantitative estimate of drug-likeness (QED) is 0.346. The monoisotopic (exact) mass is 561 g/mol. The number of hydrogen-bond acceptors (Lipinski definition) is 10. The smallest absolute Gasteiger partial charge is 0.333 e. The van der Waals surface area contributed by atoms with Gasteiger partial charge in [0, 0.05) is 36.8 Å². The fourth-order valence-corrected chi connectivity index (χ4v) is 4.09. The van der Waals surface area contributed by atoms with E-state index in [2.05, 4.69) is 30.2 Å². The van der Waals surface area contributed by atoms with Crippen LogP contribution in [0.4, 0.5) is 18.9 Å². The Morgan fingerprint density at radius 2 is 1.80 bits per heavy atom. The summed E-state index contributed by atoms with van der Waals surface area (Å²) in [6, 6.07) is 1.27. The number of rotatable bonds is 10. The molecule has 40 heavy (non-hydrogen) atoms. The summed E-state index contributed by atoms with van der Waals surface area (Å²) in [6.45, 7) is 0.901. The van der Waals surface area contributed by atoms with Crippen LogP contribution in [0, 0.1) is 17.5 Å². The topological polar surface area (TPSA) is 169 Å². The molecule has 13 nitrogen and oxygen atoms in total. The van der Waals surface area contributed by atoms with Crippen molar-refractivity contribution in [2.24, 2.45) is 0 Å². The zero-order valence-corrected chi connectivity index (χ0v) is 20.9. The van der Waals surface area contributed by atoms with Crippen molar-refractivity contribution in [3.05, 3.63) is 66.0 Å². The van der Waals surface area contributed by atoms with Gasteiger partial charge in [0.2, 0.25) is 5.91 Å². The van der Waals surface area contributed by atoms with Crippen LogP contribution in [0.1, 0.15) is 49.8 Å². The van der Waals surface area contributed by atoms with E-state index in [1.165, 1.54) is 13.3 Å². The first-order chi connectivity index (χ1) is 19.0. The lowest BCUT2D eigenvalue weighted by Gasteiger charge is -2.34. The molecule has 1 aromatic carbocycles. The maximum Gasteiger partial charge on any atom is 0.333 e. The van der Waals surface area contributed by atoms with Gasteiger partial charge in [0.15, 0.2) is 5.82 Å². The highest BCUT2D eigenvalue weighted by atomic mass is 19.1. The first-order valence-corrected chi connectivity index (χ1v) is 11.9. The first-order valence-electron chi connectivity index (χ1n) is 11.9. The number of benzene rings is 1. The van der Waals surface area contributed by atoms with Gasteiger partial charge >= 0.3 is 5.97 Å². The summed E-state index contributed by atoms with van der Waals surface area (Å²) in [5.41, 5.74) is -3.62. The molecule has 0 aliphatic carbocycles. The summed E-state index contributed by atoms with van der Waals surface area (Å²) in [5, 5.41) is 18.2. The van der Waals surface area contributed by atoms with Gasteiger partial charge in [-0.05, 0) is 6.07 Å². The summed E-state index contributed by atoms with van der Waals surface area (Å²) in [6.07, 6.45) is 2.95. The van der Waals surface area contributed by atoms with E-state index in [-0.39, 0.29) is 18.5 Å². The molecule has 1 aliphatic rings. The van der Waals surface area contributed by atoms with Gasteiger partial charge in [-0.25, -0.2) is 37.6 Å². The average Bonchev–Trinajstić information content (AvgIpc) is 3.54. The molecule has 3 amide bonds. The van der Waals surface area contributed by atoms with Crippen LogP contribution in [0.25, 0.3) is 0 Å². The Morgan fingerprint density at radius 3 is 2.45 bits per heavy atom. The number of nitrogens with one attached hydrogen (secondary N) is 1. The van der Waals surface area contributed by atoms with E-state index in [0.29, 0.717) is 11.1 Å². The SMILES string of the molecule is C[C@@H](c1ncncc1F)C(O)(Cn1cncn1)c1cc(NC(=O)CCC(=O)ON2C(=O)CCC2=O)c(F)cc1F. The van der Waals surface area contributed by atoms with Crippen molar-refractivity contribution in [1.82, 2.24) is 29.8 Å². The Morgan fingerprint density at radius 1 is 1.07 bits per heavy atom. The van der Waals surface area contributed by atoms with Crippen molar-refractivity contribution in [3.8, 4) is 0 Å². The molecule has 2 atom stereocenters. The minimum atomic E-state index is -2.29. The molecule has 2 N–H and O–H groups in total. The van der Waals surface area contributed by atoms with Crippen molar-refractivity contribution in [1.29, 1.82) is 0 Å². The predicted molar refractivity (Wildman–Crippen MR) is 126 cm³/mol. The molecule has 1 aliphatic heterocycles. The molecular formula is C24H22F3N7O6. The molecule has 3 aromatic rings. The van der Waals surface area contributed by atoms with Crippen LogP contribution in [0.5, 0.6) is 0 Å². The zero-order valence-electron chi connectivity index (χ0n) is 20.9. The zero-order chi connectivity index (χ0) is 29.0. The maximum absolute atomic E-state index is 15.2. The lowest BCUT2D eigenvalue weighted by molar-refractivity contribution is -0.197. The first kappa shape index (κ1) is 28.3. The average molecular weight is 561 g/mol. The van der Waals surface area contributed by atoms with Crippen LogP contribution in [0.3, 0.4) is 0 Å². The number of aliphatic hydroxyl groups is 1. The lowest BCUT2D eigenvalue weighted by atomic mass is 9.79. The van der Waals surface area contributed by atoms with E-state index in [9.17, 15) is 33.1 Å². The minimum absolute atomic E-state index is 0.107. The predicted octanol–water partition coefficient (Wildman–Crippen LogP) is 1.50. The van der Waals surface area contributed by atoms with Crippen LogP contribution >= 0.6 is 0 Å². The molecule has 0 radical (unpaired) electrons. The Kier molecular flexibility index (Phi) is 8.18. The molecule has 0 saturated carbocycles. The van der Waals surface area contributed by atoms with Gasteiger partial charge in [0.25, 0.3) is 11.8 Å². The fraction of sp³-hybridized carbons (Fsp3) is 0.333. The van der Waals surface area contributed by atoms with Gasteiger partial charge in [-0.3, -0.25) is 14.4 Å². The summed E-state index contributed by atoms with van der Waals surface area (Å²) < 4.78 is 45.5. The molecule has 210 valence electrons. The van der Waals surface area contributed by atoms with E-state index >= 15 is 4.39 Å². The van der Waals surface area contributed by atoms with E-state index in [1.807, 2.05) is 0 Å². The third-order valence-electron chi connectivity index (χ3n) is 6.24. The second-order valence-electron chi connectivity index (χ2n) is 8.90. The van der Waals surface area contributed by atoms with Crippen molar-refractivity contribution in [2.45, 2.75) is 50.7 Å². The number of amides is 3. The Balaban J connectivity index is 1.56. The van der Waals surface area contributed by atoms with E-state index in [0.717, 1.165) is 29.6 Å². The summed E-state index contributed by atoms with van der Waals surface area (Å²) in [4.78, 5) is 63.4. The van der Waals surface area contributed by atoms with Gasteiger partial charge in [-0.2, -0.15) is 5.10 Å². The molecular weight excluding hydrogens is 539 g/mol. The third-order valence-corrected chi connectivity index (χ3v) is 6.24. The van der Waals surface area contributed by atoms with Crippen LogP contribution in [0.15, 0.2) is 37.3 Å². The summed E-state index contributed by atoms with van der Waals surface area (Å²) in [7, 11) is 0. The summed E-state index contributed by atoms with van der Waals surface area (Å²) >= 11 is 0. The molecule has 1 fully saturated rings. The molecule has 0 bridgehead atoms. The number of carbonyl (C=O) groups is 4. The molecule has 3 heterocycles. The van der Waals surface area contributed by atoms with Gasteiger partial charge in [-0.15, -0.1) is 5.06 Å². The number of anilines is 1. The van der Waals surface area contributed by atoms with Crippen LogP contribution in [-0.4, -0.2) is 58.6 Å². The number of hydrogen-bond donors (Lipinski definition) is 2. The maximum atomic E-state index is 15.2. The largest absolute Gasteiger partial charge is 0.382 e. The fourth-order valence-electron chi connectivity index (χ4n) is 4.09. The lowest BCUT2D eigenvalue weighted by Crippen LogP contribution is -2.39. The van der Waals surface area contributed by atoms with Crippen LogP contribution < -0.4 is 5.32 Å². The van der Waals surface area contributed by atoms with Crippen LogP contribution in [-0.2, 0) is 36.2 Å². The van der Waals surface area contributed by atoms with Gasteiger partial charge < -0.3 is 15.3 Å². The van der Waals surface area contributed by atoms with Gasteiger partial charge in [-0.1, -0.05) is 6.92 Å². The number of halogens is 3. The van der Waals surface area contributed by atoms with Crippen molar-refractivity contribution >= 4 is 29.4 Å². The number of carbonyl (C=O) groups excluding carboxylic acids is 4. The Bertz CT molecular complexity index is 1440. The van der Waals surface area contributed by atoms with E-state index in [1.54, 1.807) is 0 Å². The standard InChI is InChI=1S/C24H22F3N7O6/c1-13(23-17(27)8-28-10-30-23)24(39,9-33-12-29-11-31-33)14-6-18(16(26)7-15(14)25)32-19(35)2-5-22(38)40-34-20(36)3-4-21(34)37/h6-8,10-13,39H,2-5,9H2,1H3,(H,32,35)/t13-,24?/m0/s1. The molecule has 1 saturated heterocycles. The minimum Gasteiger partial charge on any atom is -0.382 e. The highest BCUT2D eigenvalue weighted by Gasteiger charge is 2.42. The third kappa shape index (κ3) is 5.96. The highest BCUT2D eigenvalue weighted by molar-refractivity contribution is 6.01. The Labute approximate surface area is 223 Å². The van der Waals surface area contributed by atoms with E-state index < -0.39 is 83.3 Å². The number of nitrogens with zero attached hydrogens (tertiary/aromatic N) is 6. The number of aromatic nitrogens is 5. The molecule has 4 rings (SSSR count). The Hall–Kier alpha value is -4.73.